The van der Waals surface area contributed by atoms with Gasteiger partial charge in [0, 0.05) is 11.8 Å². The summed E-state index contributed by atoms with van der Waals surface area (Å²) in [6.45, 7) is 3.38. The second-order valence-corrected chi connectivity index (χ2v) is 3.34. The molecule has 0 saturated carbocycles. The molecule has 0 aromatic rings. The van der Waals surface area contributed by atoms with E-state index in [9.17, 15) is 0 Å². The third-order valence-electron chi connectivity index (χ3n) is 1.38. The maximum atomic E-state index is 3.18. The third kappa shape index (κ3) is 4.79. The number of thioether (sulfide) groups is 1. The summed E-state index contributed by atoms with van der Waals surface area (Å²) in [4.78, 5) is 0. The highest BCUT2D eigenvalue weighted by Gasteiger charge is 2.01. The Hall–Kier alpha value is 0.310. The minimum atomic E-state index is 0.819. The van der Waals surface area contributed by atoms with E-state index in [-0.39, 0.29) is 0 Å². The van der Waals surface area contributed by atoms with Gasteiger partial charge in [-0.1, -0.05) is 13.3 Å². The molecule has 0 aliphatic rings. The van der Waals surface area contributed by atoms with Gasteiger partial charge in [0.15, 0.2) is 0 Å². The van der Waals surface area contributed by atoms with Crippen LogP contribution in [-0.4, -0.2) is 25.1 Å². The summed E-state index contributed by atoms with van der Waals surface area (Å²) in [7, 11) is 2.01. The first-order valence-electron chi connectivity index (χ1n) is 3.52. The quantitative estimate of drug-likeness (QED) is 0.635. The van der Waals surface area contributed by atoms with Gasteiger partial charge in [-0.3, -0.25) is 0 Å². The highest BCUT2D eigenvalue weighted by atomic mass is 32.2. The van der Waals surface area contributed by atoms with E-state index in [0.29, 0.717) is 0 Å². The van der Waals surface area contributed by atoms with Gasteiger partial charge in [-0.2, -0.15) is 11.8 Å². The Labute approximate surface area is 62.6 Å². The van der Waals surface area contributed by atoms with Gasteiger partial charge in [0.25, 0.3) is 0 Å². The average Bonchev–Trinajstić information content (AvgIpc) is 1.88. The first kappa shape index (κ1) is 9.31. The van der Waals surface area contributed by atoms with Crippen molar-refractivity contribution in [2.45, 2.75) is 25.0 Å². The Morgan fingerprint density at radius 2 is 2.22 bits per heavy atom. The molecule has 0 amide bonds. The molecule has 0 fully saturated rings. The van der Waals surface area contributed by atoms with Gasteiger partial charge < -0.3 is 5.32 Å². The maximum absolute atomic E-state index is 3.18. The highest BCUT2D eigenvalue weighted by molar-refractivity contribution is 7.99. The van der Waals surface area contributed by atoms with E-state index < -0.39 is 0 Å². The number of hydrogen-bond acceptors (Lipinski definition) is 2. The lowest BCUT2D eigenvalue weighted by molar-refractivity contribution is 0.683. The first-order valence-corrected chi connectivity index (χ1v) is 4.81. The van der Waals surface area contributed by atoms with Crippen LogP contribution >= 0.6 is 11.8 Å². The summed E-state index contributed by atoms with van der Waals surface area (Å²) >= 11 is 1.96. The normalized spacial score (nSPS) is 13.7. The Balaban J connectivity index is 3.18. The van der Waals surface area contributed by atoms with Crippen molar-refractivity contribution in [1.29, 1.82) is 0 Å². The van der Waals surface area contributed by atoms with Gasteiger partial charge in [0.05, 0.1) is 0 Å². The van der Waals surface area contributed by atoms with Gasteiger partial charge >= 0.3 is 0 Å². The Morgan fingerprint density at radius 1 is 1.56 bits per heavy atom. The molecule has 0 spiro atoms. The third-order valence-corrected chi connectivity index (χ3v) is 2.44. The number of nitrogens with one attached hydrogen (secondary N) is 1. The van der Waals surface area contributed by atoms with Crippen LogP contribution in [-0.2, 0) is 0 Å². The molecule has 0 aliphatic heterocycles. The molecule has 0 saturated heterocycles. The van der Waals surface area contributed by atoms with E-state index in [2.05, 4.69) is 18.5 Å². The van der Waals surface area contributed by atoms with E-state index in [0.717, 1.165) is 11.8 Å². The van der Waals surface area contributed by atoms with Gasteiger partial charge in [0.2, 0.25) is 0 Å². The van der Waals surface area contributed by atoms with Crippen LogP contribution in [0.15, 0.2) is 0 Å². The predicted molar refractivity (Wildman–Crippen MR) is 46.1 cm³/mol. The zero-order valence-corrected chi connectivity index (χ0v) is 7.42. The van der Waals surface area contributed by atoms with Crippen LogP contribution in [0.3, 0.4) is 0 Å². The molecule has 9 heavy (non-hydrogen) atoms. The summed E-state index contributed by atoms with van der Waals surface area (Å²) in [5.74, 6) is 0. The SMILES string of the molecule is CCCC(CNC)SC. The van der Waals surface area contributed by atoms with Crippen LogP contribution in [0.25, 0.3) is 0 Å². The van der Waals surface area contributed by atoms with Crippen molar-refractivity contribution in [3.05, 3.63) is 0 Å². The van der Waals surface area contributed by atoms with E-state index in [4.69, 9.17) is 0 Å². The fourth-order valence-electron chi connectivity index (χ4n) is 0.853. The van der Waals surface area contributed by atoms with E-state index in [1.807, 2.05) is 18.8 Å². The lowest BCUT2D eigenvalue weighted by Crippen LogP contribution is -2.20. The molecular weight excluding hydrogens is 130 g/mol. The van der Waals surface area contributed by atoms with E-state index in [1.54, 1.807) is 0 Å². The van der Waals surface area contributed by atoms with Crippen LogP contribution in [0.1, 0.15) is 19.8 Å². The van der Waals surface area contributed by atoms with Crippen LogP contribution in [0.4, 0.5) is 0 Å². The van der Waals surface area contributed by atoms with E-state index in [1.165, 1.54) is 12.8 Å². The van der Waals surface area contributed by atoms with Crippen molar-refractivity contribution in [3.63, 3.8) is 0 Å². The van der Waals surface area contributed by atoms with Crippen molar-refractivity contribution >= 4 is 11.8 Å². The maximum Gasteiger partial charge on any atom is 0.0169 e. The molecule has 0 aliphatic carbocycles. The van der Waals surface area contributed by atoms with Gasteiger partial charge in [-0.25, -0.2) is 0 Å². The standard InChI is InChI=1S/C7H17NS/c1-4-5-7(9-3)6-8-2/h7-8H,4-6H2,1-3H3. The molecule has 0 bridgehead atoms. The van der Waals surface area contributed by atoms with Crippen molar-refractivity contribution in [2.24, 2.45) is 0 Å². The number of rotatable bonds is 5. The minimum Gasteiger partial charge on any atom is -0.319 e. The average molecular weight is 147 g/mol. The minimum absolute atomic E-state index is 0.819. The second kappa shape index (κ2) is 6.43. The van der Waals surface area contributed by atoms with E-state index >= 15 is 0 Å². The lowest BCUT2D eigenvalue weighted by atomic mass is 10.2. The van der Waals surface area contributed by atoms with Crippen LogP contribution in [0.2, 0.25) is 0 Å². The summed E-state index contributed by atoms with van der Waals surface area (Å²) in [5, 5.41) is 4.00. The molecule has 0 aromatic carbocycles. The summed E-state index contributed by atoms with van der Waals surface area (Å²) in [6, 6.07) is 0. The molecule has 0 heterocycles. The van der Waals surface area contributed by atoms with Crippen molar-refractivity contribution in [2.75, 3.05) is 19.8 Å². The Kier molecular flexibility index (Phi) is 6.65. The van der Waals surface area contributed by atoms with Crippen molar-refractivity contribution in [3.8, 4) is 0 Å². The van der Waals surface area contributed by atoms with Gasteiger partial charge in [-0.05, 0) is 19.7 Å². The van der Waals surface area contributed by atoms with Crippen LogP contribution < -0.4 is 5.32 Å². The monoisotopic (exact) mass is 147 g/mol. The second-order valence-electron chi connectivity index (χ2n) is 2.20. The molecule has 1 atom stereocenters. The molecule has 2 heteroatoms. The Morgan fingerprint density at radius 3 is 2.56 bits per heavy atom. The molecule has 0 aromatic heterocycles. The fraction of sp³-hybridized carbons (Fsp3) is 1.00. The van der Waals surface area contributed by atoms with Crippen molar-refractivity contribution < 1.29 is 0 Å². The predicted octanol–water partition coefficient (Wildman–Crippen LogP) is 1.74. The first-order chi connectivity index (χ1) is 4.35. The zero-order chi connectivity index (χ0) is 7.11. The summed E-state index contributed by atoms with van der Waals surface area (Å²) in [5.41, 5.74) is 0. The van der Waals surface area contributed by atoms with Crippen LogP contribution in [0.5, 0.6) is 0 Å². The zero-order valence-electron chi connectivity index (χ0n) is 6.61. The molecule has 0 rings (SSSR count). The molecule has 1 unspecified atom stereocenters. The molecule has 1 N–H and O–H groups in total. The van der Waals surface area contributed by atoms with Crippen LogP contribution in [0, 0.1) is 0 Å². The summed E-state index contributed by atoms with van der Waals surface area (Å²) in [6.07, 6.45) is 4.81. The smallest absolute Gasteiger partial charge is 0.0169 e. The fourth-order valence-corrected chi connectivity index (χ4v) is 1.66. The highest BCUT2D eigenvalue weighted by Crippen LogP contribution is 2.10. The lowest BCUT2D eigenvalue weighted by Gasteiger charge is -2.11. The van der Waals surface area contributed by atoms with Gasteiger partial charge in [-0.15, -0.1) is 0 Å². The molecule has 1 nitrogen and oxygen atoms in total. The Bertz CT molecular complexity index is 50.9. The topological polar surface area (TPSA) is 12.0 Å². The summed E-state index contributed by atoms with van der Waals surface area (Å²) < 4.78 is 0. The largest absolute Gasteiger partial charge is 0.319 e. The number of hydrogen-bond donors (Lipinski definition) is 1. The van der Waals surface area contributed by atoms with Crippen molar-refractivity contribution in [1.82, 2.24) is 5.32 Å². The molecule has 56 valence electrons. The molecule has 0 radical (unpaired) electrons. The van der Waals surface area contributed by atoms with Gasteiger partial charge in [0.1, 0.15) is 0 Å². The molecular formula is C7H17NS.